The van der Waals surface area contributed by atoms with Crippen molar-refractivity contribution in [3.05, 3.63) is 77.9 Å². The van der Waals surface area contributed by atoms with E-state index in [0.717, 1.165) is 11.1 Å². The Kier molecular flexibility index (Phi) is 5.81. The van der Waals surface area contributed by atoms with Crippen LogP contribution in [-0.4, -0.2) is 22.8 Å². The van der Waals surface area contributed by atoms with Crippen LogP contribution in [0.5, 0.6) is 0 Å². The van der Waals surface area contributed by atoms with Gasteiger partial charge in [-0.2, -0.15) is 0 Å². The minimum Gasteiger partial charge on any atom is -0.389 e. The van der Waals surface area contributed by atoms with Crippen molar-refractivity contribution >= 4 is 17.6 Å². The summed E-state index contributed by atoms with van der Waals surface area (Å²) in [6.45, 7) is 0. The maximum Gasteiger partial charge on any atom is 0.225 e. The van der Waals surface area contributed by atoms with Gasteiger partial charge < -0.3 is 5.11 Å². The average Bonchev–Trinajstić information content (AvgIpc) is 2.54. The molecule has 0 spiro atoms. The lowest BCUT2D eigenvalue weighted by Gasteiger charge is -2.08. The van der Waals surface area contributed by atoms with E-state index in [4.69, 9.17) is 0 Å². The van der Waals surface area contributed by atoms with Gasteiger partial charge >= 0.3 is 0 Å². The summed E-state index contributed by atoms with van der Waals surface area (Å²) >= 11 is 0. The number of benzene rings is 1. The highest BCUT2D eigenvalue weighted by Crippen LogP contribution is 2.13. The molecule has 0 saturated carbocycles. The van der Waals surface area contributed by atoms with Gasteiger partial charge in [0.15, 0.2) is 0 Å². The molecular weight excluding hydrogens is 276 g/mol. The smallest absolute Gasteiger partial charge is 0.225 e. The van der Waals surface area contributed by atoms with E-state index in [0.29, 0.717) is 12.8 Å². The number of hydrogen-bond acceptors (Lipinski definition) is 3. The number of hydrogen-bond donors (Lipinski definition) is 1. The Hall–Kier alpha value is -2.52. The normalized spacial score (nSPS) is 16.5. The van der Waals surface area contributed by atoms with Crippen molar-refractivity contribution in [3.63, 3.8) is 0 Å². The largest absolute Gasteiger partial charge is 0.389 e. The highest BCUT2D eigenvalue weighted by molar-refractivity contribution is 6.46. The molecule has 1 N–H and O–H groups in total. The molecule has 3 nitrogen and oxygen atoms in total. The number of ketones is 2. The van der Waals surface area contributed by atoms with Crippen LogP contribution < -0.4 is 0 Å². The third-order valence-corrected chi connectivity index (χ3v) is 3.27. The second-order valence-electron chi connectivity index (χ2n) is 5.04. The zero-order chi connectivity index (χ0) is 15.8. The molecule has 0 radical (unpaired) electrons. The summed E-state index contributed by atoms with van der Waals surface area (Å²) in [5.74, 6) is -0.983. The highest BCUT2D eigenvalue weighted by Gasteiger charge is 2.13. The summed E-state index contributed by atoms with van der Waals surface area (Å²) < 4.78 is 0. The van der Waals surface area contributed by atoms with E-state index < -0.39 is 17.7 Å². The number of aliphatic hydroxyl groups is 1. The quantitative estimate of drug-likeness (QED) is 0.498. The summed E-state index contributed by atoms with van der Waals surface area (Å²) in [5, 5.41) is 9.87. The first-order chi connectivity index (χ1) is 10.6. The second-order valence-corrected chi connectivity index (χ2v) is 5.04. The van der Waals surface area contributed by atoms with Gasteiger partial charge in [-0.05, 0) is 36.1 Å². The van der Waals surface area contributed by atoms with Crippen LogP contribution in [0.2, 0.25) is 0 Å². The SMILES string of the molecule is O=C1C=CC(CCC(O)/C=C/C=C/c2ccccc2)=CC1=O. The predicted octanol–water partition coefficient (Wildman–Crippen LogP) is 3.03. The number of aliphatic hydroxyl groups excluding tert-OH is 1. The van der Waals surface area contributed by atoms with Crippen molar-refractivity contribution in [1.82, 2.24) is 0 Å². The maximum atomic E-state index is 11.2. The topological polar surface area (TPSA) is 54.4 Å². The van der Waals surface area contributed by atoms with E-state index in [-0.39, 0.29) is 0 Å². The Morgan fingerprint density at radius 3 is 2.50 bits per heavy atom. The minimum absolute atomic E-state index is 0.491. The molecule has 1 aliphatic carbocycles. The monoisotopic (exact) mass is 294 g/mol. The molecule has 1 aromatic carbocycles. The van der Waals surface area contributed by atoms with E-state index in [1.807, 2.05) is 42.5 Å². The van der Waals surface area contributed by atoms with Crippen molar-refractivity contribution in [2.75, 3.05) is 0 Å². The van der Waals surface area contributed by atoms with Crippen LogP contribution in [0.15, 0.2) is 72.4 Å². The molecule has 0 amide bonds. The minimum atomic E-state index is -0.581. The zero-order valence-corrected chi connectivity index (χ0v) is 12.2. The molecule has 2 rings (SSSR count). The summed E-state index contributed by atoms with van der Waals surface area (Å²) in [6, 6.07) is 9.90. The van der Waals surface area contributed by atoms with Crippen molar-refractivity contribution < 1.29 is 14.7 Å². The van der Waals surface area contributed by atoms with Crippen LogP contribution in [0, 0.1) is 0 Å². The molecule has 22 heavy (non-hydrogen) atoms. The fourth-order valence-electron chi connectivity index (χ4n) is 2.04. The Labute approximate surface area is 130 Å². The van der Waals surface area contributed by atoms with Gasteiger partial charge in [-0.15, -0.1) is 0 Å². The molecule has 112 valence electrons. The molecule has 1 atom stereocenters. The van der Waals surface area contributed by atoms with Crippen LogP contribution in [0.25, 0.3) is 6.08 Å². The van der Waals surface area contributed by atoms with Crippen LogP contribution in [0.3, 0.4) is 0 Å². The van der Waals surface area contributed by atoms with Gasteiger partial charge in [-0.25, -0.2) is 0 Å². The van der Waals surface area contributed by atoms with Crippen LogP contribution in [0.4, 0.5) is 0 Å². The van der Waals surface area contributed by atoms with Crippen LogP contribution >= 0.6 is 0 Å². The first-order valence-electron chi connectivity index (χ1n) is 7.20. The average molecular weight is 294 g/mol. The third-order valence-electron chi connectivity index (χ3n) is 3.27. The van der Waals surface area contributed by atoms with Crippen LogP contribution in [-0.2, 0) is 9.59 Å². The summed E-state index contributed by atoms with van der Waals surface area (Å²) in [4.78, 5) is 22.3. The lowest BCUT2D eigenvalue weighted by molar-refractivity contribution is -0.131. The van der Waals surface area contributed by atoms with E-state index in [9.17, 15) is 14.7 Å². The Bertz CT molecular complexity index is 649. The van der Waals surface area contributed by atoms with Gasteiger partial charge in [-0.1, -0.05) is 60.7 Å². The molecule has 1 aromatic rings. The van der Waals surface area contributed by atoms with E-state index in [1.54, 1.807) is 18.2 Å². The lowest BCUT2D eigenvalue weighted by Crippen LogP contribution is -2.12. The summed E-state index contributed by atoms with van der Waals surface area (Å²) in [7, 11) is 0. The zero-order valence-electron chi connectivity index (χ0n) is 12.2. The Morgan fingerprint density at radius 1 is 1.00 bits per heavy atom. The van der Waals surface area contributed by atoms with Crippen molar-refractivity contribution in [3.8, 4) is 0 Å². The molecule has 0 saturated heterocycles. The summed E-state index contributed by atoms with van der Waals surface area (Å²) in [6.07, 6.45) is 12.1. The van der Waals surface area contributed by atoms with E-state index in [1.165, 1.54) is 12.2 Å². The van der Waals surface area contributed by atoms with Gasteiger partial charge in [0.1, 0.15) is 0 Å². The molecule has 3 heteroatoms. The molecule has 0 heterocycles. The van der Waals surface area contributed by atoms with E-state index >= 15 is 0 Å². The van der Waals surface area contributed by atoms with Gasteiger partial charge in [0.2, 0.25) is 11.6 Å². The molecule has 0 aliphatic heterocycles. The molecule has 1 aliphatic rings. The molecular formula is C19H18O3. The first kappa shape index (κ1) is 15.9. The Morgan fingerprint density at radius 2 is 1.77 bits per heavy atom. The van der Waals surface area contributed by atoms with Crippen molar-refractivity contribution in [2.45, 2.75) is 18.9 Å². The maximum absolute atomic E-state index is 11.2. The van der Waals surface area contributed by atoms with E-state index in [2.05, 4.69) is 0 Å². The van der Waals surface area contributed by atoms with Gasteiger partial charge in [0, 0.05) is 0 Å². The fraction of sp³-hybridized carbons (Fsp3) is 0.158. The second kappa shape index (κ2) is 8.05. The molecule has 0 fully saturated rings. The first-order valence-corrected chi connectivity index (χ1v) is 7.20. The molecule has 0 aromatic heterocycles. The van der Waals surface area contributed by atoms with Crippen LogP contribution in [0.1, 0.15) is 18.4 Å². The molecule has 0 bridgehead atoms. The van der Waals surface area contributed by atoms with Gasteiger partial charge in [0.05, 0.1) is 6.10 Å². The van der Waals surface area contributed by atoms with Gasteiger partial charge in [-0.3, -0.25) is 9.59 Å². The fourth-order valence-corrected chi connectivity index (χ4v) is 2.04. The van der Waals surface area contributed by atoms with Crippen molar-refractivity contribution in [2.24, 2.45) is 0 Å². The lowest BCUT2D eigenvalue weighted by atomic mass is 9.99. The Balaban J connectivity index is 1.77. The standard InChI is InChI=1S/C19H18O3/c20-17(9-5-4-8-15-6-2-1-3-7-15)12-10-16-11-13-18(21)19(22)14-16/h1-9,11,13-14,17,20H,10,12H2/b8-4+,9-5+. The number of carbonyl (C=O) groups is 2. The predicted molar refractivity (Wildman–Crippen MR) is 87.1 cm³/mol. The number of carbonyl (C=O) groups excluding carboxylic acids is 2. The highest BCUT2D eigenvalue weighted by atomic mass is 16.3. The van der Waals surface area contributed by atoms with Crippen molar-refractivity contribution in [1.29, 1.82) is 0 Å². The van der Waals surface area contributed by atoms with Gasteiger partial charge in [0.25, 0.3) is 0 Å². The third kappa shape index (κ3) is 5.11. The summed E-state index contributed by atoms with van der Waals surface area (Å²) in [5.41, 5.74) is 1.87. The number of rotatable bonds is 6. The number of allylic oxidation sites excluding steroid dienone is 6. The molecule has 1 unspecified atom stereocenters.